The first kappa shape index (κ1) is 12.0. The molecule has 0 aliphatic rings. The van der Waals surface area contributed by atoms with E-state index >= 15 is 0 Å². The van der Waals surface area contributed by atoms with Crippen LogP contribution in [0, 0.1) is 0 Å². The second-order valence-corrected chi connectivity index (χ2v) is 3.99. The minimum absolute atomic E-state index is 0.593. The number of para-hydroxylation sites is 1. The van der Waals surface area contributed by atoms with Crippen molar-refractivity contribution in [3.63, 3.8) is 0 Å². The van der Waals surface area contributed by atoms with Gasteiger partial charge in [-0.1, -0.05) is 32.0 Å². The molecule has 1 N–H and O–H groups in total. The molecular formula is C9H15NO2S. The first-order chi connectivity index (χ1) is 6.08. The Balaban J connectivity index is 0.000000671. The summed E-state index contributed by atoms with van der Waals surface area (Å²) in [4.78, 5) is 0. The minimum Gasteiger partial charge on any atom is -0.284 e. The van der Waals surface area contributed by atoms with Gasteiger partial charge in [0.1, 0.15) is 0 Å². The number of sulfonamides is 1. The van der Waals surface area contributed by atoms with Crippen molar-refractivity contribution in [1.29, 1.82) is 0 Å². The summed E-state index contributed by atoms with van der Waals surface area (Å²) in [5, 5.41) is 0. The third kappa shape index (κ3) is 6.16. The van der Waals surface area contributed by atoms with Crippen LogP contribution in [0.5, 0.6) is 0 Å². The monoisotopic (exact) mass is 201 g/mol. The predicted molar refractivity (Wildman–Crippen MR) is 56.3 cm³/mol. The van der Waals surface area contributed by atoms with Gasteiger partial charge in [0, 0.05) is 5.69 Å². The fourth-order valence-corrected chi connectivity index (χ4v) is 1.28. The zero-order valence-electron chi connectivity index (χ0n) is 8.11. The molecule has 4 heteroatoms. The Labute approximate surface area is 79.8 Å². The SMILES string of the molecule is CC.CS(=O)(=O)Nc1ccccc1. The normalized spacial score (nSPS) is 9.77. The van der Waals surface area contributed by atoms with Crippen molar-refractivity contribution >= 4 is 15.7 Å². The highest BCUT2D eigenvalue weighted by molar-refractivity contribution is 7.92. The number of rotatable bonds is 2. The Hall–Kier alpha value is -1.03. The van der Waals surface area contributed by atoms with E-state index in [-0.39, 0.29) is 0 Å². The lowest BCUT2D eigenvalue weighted by Gasteiger charge is -2.00. The van der Waals surface area contributed by atoms with Gasteiger partial charge in [-0.3, -0.25) is 4.72 Å². The molecule has 1 rings (SSSR count). The van der Waals surface area contributed by atoms with Gasteiger partial charge in [-0.25, -0.2) is 8.42 Å². The van der Waals surface area contributed by atoms with E-state index in [9.17, 15) is 8.42 Å². The van der Waals surface area contributed by atoms with Gasteiger partial charge in [0.15, 0.2) is 0 Å². The minimum atomic E-state index is -3.13. The summed E-state index contributed by atoms with van der Waals surface area (Å²) < 4.78 is 23.7. The Morgan fingerprint density at radius 1 is 1.08 bits per heavy atom. The van der Waals surface area contributed by atoms with Crippen LogP contribution < -0.4 is 4.72 Å². The van der Waals surface area contributed by atoms with E-state index in [1.54, 1.807) is 24.3 Å². The van der Waals surface area contributed by atoms with Crippen LogP contribution in [-0.4, -0.2) is 14.7 Å². The van der Waals surface area contributed by atoms with E-state index in [1.165, 1.54) is 0 Å². The largest absolute Gasteiger partial charge is 0.284 e. The van der Waals surface area contributed by atoms with Gasteiger partial charge in [-0.15, -0.1) is 0 Å². The van der Waals surface area contributed by atoms with Crippen molar-refractivity contribution in [1.82, 2.24) is 0 Å². The summed E-state index contributed by atoms with van der Waals surface area (Å²) in [6.45, 7) is 4.00. The molecule has 74 valence electrons. The standard InChI is InChI=1S/C7H9NO2S.C2H6/c1-11(9,10)8-7-5-3-2-4-6-7;1-2/h2-6,8H,1H3;1-2H3. The van der Waals surface area contributed by atoms with Crippen LogP contribution in [0.25, 0.3) is 0 Å². The van der Waals surface area contributed by atoms with Crippen molar-refractivity contribution in [2.24, 2.45) is 0 Å². The van der Waals surface area contributed by atoms with Crippen LogP contribution >= 0.6 is 0 Å². The van der Waals surface area contributed by atoms with Gasteiger partial charge in [-0.05, 0) is 12.1 Å². The first-order valence-corrected chi connectivity index (χ1v) is 6.00. The third-order valence-electron chi connectivity index (χ3n) is 1.08. The van der Waals surface area contributed by atoms with Gasteiger partial charge in [0.2, 0.25) is 10.0 Å². The molecule has 1 aromatic rings. The van der Waals surface area contributed by atoms with E-state index in [0.29, 0.717) is 5.69 Å². The van der Waals surface area contributed by atoms with Crippen molar-refractivity contribution in [2.75, 3.05) is 11.0 Å². The lowest BCUT2D eigenvalue weighted by atomic mass is 10.3. The van der Waals surface area contributed by atoms with E-state index in [1.807, 2.05) is 19.9 Å². The van der Waals surface area contributed by atoms with Crippen molar-refractivity contribution in [3.8, 4) is 0 Å². The summed E-state index contributed by atoms with van der Waals surface area (Å²) in [6.07, 6.45) is 1.12. The number of hydrogen-bond acceptors (Lipinski definition) is 2. The molecular weight excluding hydrogens is 186 g/mol. The molecule has 0 heterocycles. The molecule has 0 radical (unpaired) electrons. The lowest BCUT2D eigenvalue weighted by Crippen LogP contribution is -2.08. The number of benzene rings is 1. The topological polar surface area (TPSA) is 46.2 Å². The quantitative estimate of drug-likeness (QED) is 0.796. The highest BCUT2D eigenvalue weighted by atomic mass is 32.2. The molecule has 0 unspecified atom stereocenters. The fraction of sp³-hybridized carbons (Fsp3) is 0.333. The third-order valence-corrected chi connectivity index (χ3v) is 1.68. The first-order valence-electron chi connectivity index (χ1n) is 4.11. The zero-order valence-corrected chi connectivity index (χ0v) is 8.93. The maximum atomic E-state index is 10.7. The molecule has 0 aromatic heterocycles. The summed E-state index contributed by atoms with van der Waals surface area (Å²) in [5.74, 6) is 0. The Kier molecular flexibility index (Phi) is 5.14. The smallest absolute Gasteiger partial charge is 0.229 e. The molecule has 0 saturated carbocycles. The van der Waals surface area contributed by atoms with Crippen LogP contribution in [0.3, 0.4) is 0 Å². The Morgan fingerprint density at radius 3 is 1.92 bits per heavy atom. The number of anilines is 1. The molecule has 0 saturated heterocycles. The Bertz CT molecular complexity index is 319. The average Bonchev–Trinajstić information content (AvgIpc) is 2.07. The Morgan fingerprint density at radius 2 is 1.54 bits per heavy atom. The zero-order chi connectivity index (χ0) is 10.3. The molecule has 3 nitrogen and oxygen atoms in total. The van der Waals surface area contributed by atoms with Crippen molar-refractivity contribution < 1.29 is 8.42 Å². The van der Waals surface area contributed by atoms with Crippen LogP contribution in [0.1, 0.15) is 13.8 Å². The summed E-state index contributed by atoms with van der Waals surface area (Å²) in [7, 11) is -3.13. The van der Waals surface area contributed by atoms with Crippen molar-refractivity contribution in [2.45, 2.75) is 13.8 Å². The molecule has 0 aliphatic heterocycles. The molecule has 0 aliphatic carbocycles. The summed E-state index contributed by atoms with van der Waals surface area (Å²) >= 11 is 0. The van der Waals surface area contributed by atoms with Crippen LogP contribution in [0.4, 0.5) is 5.69 Å². The molecule has 0 bridgehead atoms. The van der Waals surface area contributed by atoms with Crippen LogP contribution in [0.15, 0.2) is 30.3 Å². The molecule has 1 aromatic carbocycles. The number of hydrogen-bond donors (Lipinski definition) is 1. The molecule has 0 spiro atoms. The maximum Gasteiger partial charge on any atom is 0.229 e. The lowest BCUT2D eigenvalue weighted by molar-refractivity contribution is 0.607. The second kappa shape index (κ2) is 5.59. The van der Waals surface area contributed by atoms with Crippen LogP contribution in [-0.2, 0) is 10.0 Å². The van der Waals surface area contributed by atoms with Gasteiger partial charge in [-0.2, -0.15) is 0 Å². The van der Waals surface area contributed by atoms with Gasteiger partial charge < -0.3 is 0 Å². The molecule has 13 heavy (non-hydrogen) atoms. The van der Waals surface area contributed by atoms with Crippen molar-refractivity contribution in [3.05, 3.63) is 30.3 Å². The highest BCUT2D eigenvalue weighted by Crippen LogP contribution is 2.05. The van der Waals surface area contributed by atoms with E-state index < -0.39 is 10.0 Å². The predicted octanol–water partition coefficient (Wildman–Crippen LogP) is 2.08. The van der Waals surface area contributed by atoms with E-state index in [2.05, 4.69) is 4.72 Å². The summed E-state index contributed by atoms with van der Waals surface area (Å²) in [6, 6.07) is 8.76. The number of nitrogens with one attached hydrogen (secondary N) is 1. The molecule has 0 amide bonds. The maximum absolute atomic E-state index is 10.7. The average molecular weight is 201 g/mol. The van der Waals surface area contributed by atoms with E-state index in [0.717, 1.165) is 6.26 Å². The fourth-order valence-electron chi connectivity index (χ4n) is 0.720. The van der Waals surface area contributed by atoms with E-state index in [4.69, 9.17) is 0 Å². The second-order valence-electron chi connectivity index (χ2n) is 2.24. The molecule has 0 fully saturated rings. The van der Waals surface area contributed by atoms with Crippen LogP contribution in [0.2, 0.25) is 0 Å². The molecule has 0 atom stereocenters. The van der Waals surface area contributed by atoms with Gasteiger partial charge >= 0.3 is 0 Å². The highest BCUT2D eigenvalue weighted by Gasteiger charge is 1.98. The van der Waals surface area contributed by atoms with Gasteiger partial charge in [0.25, 0.3) is 0 Å². The summed E-state index contributed by atoms with van der Waals surface area (Å²) in [5.41, 5.74) is 0.593. The van der Waals surface area contributed by atoms with Gasteiger partial charge in [0.05, 0.1) is 6.26 Å².